The zero-order valence-corrected chi connectivity index (χ0v) is 19.3. The zero-order chi connectivity index (χ0) is 17.8. The minimum atomic E-state index is -0.948. The second kappa shape index (κ2) is 22.3. The first-order valence-corrected chi connectivity index (χ1v) is 16.2. The third-order valence-corrected chi connectivity index (χ3v) is 13.2. The topological polar surface area (TPSA) is 37.3 Å². The van der Waals surface area contributed by atoms with Crippen molar-refractivity contribution in [3.8, 4) is 0 Å². The quantitative estimate of drug-likeness (QED) is 0.217. The van der Waals surface area contributed by atoms with Gasteiger partial charge in [0.05, 0.1) is 0 Å². The van der Waals surface area contributed by atoms with Gasteiger partial charge in [-0.25, -0.2) is 0 Å². The number of carboxylic acid groups (broad SMARTS) is 1. The van der Waals surface area contributed by atoms with Crippen molar-refractivity contribution in [3.63, 3.8) is 0 Å². The molecule has 0 aromatic heterocycles. The van der Waals surface area contributed by atoms with Crippen LogP contribution in [0.15, 0.2) is 0 Å². The van der Waals surface area contributed by atoms with E-state index in [-0.39, 0.29) is 0 Å². The van der Waals surface area contributed by atoms with Gasteiger partial charge in [0.1, 0.15) is 0 Å². The van der Waals surface area contributed by atoms with Crippen LogP contribution in [-0.2, 0) is 4.79 Å². The molecule has 0 aromatic rings. The van der Waals surface area contributed by atoms with E-state index in [1.165, 1.54) is 57.8 Å². The Kier molecular flexibility index (Phi) is 24.7. The molecule has 139 valence electrons. The number of unbranched alkanes of at least 4 members (excludes halogenated alkanes) is 9. The minimum absolute atomic E-state index is 0.833. The Labute approximate surface area is 153 Å². The maximum absolute atomic E-state index is 9.00. The van der Waals surface area contributed by atoms with Gasteiger partial charge < -0.3 is 5.11 Å². The average Bonchev–Trinajstić information content (AvgIpc) is 2.50. The molecule has 0 rings (SSSR count). The summed E-state index contributed by atoms with van der Waals surface area (Å²) < 4.78 is 5.13. The van der Waals surface area contributed by atoms with Crippen molar-refractivity contribution in [2.45, 2.75) is 118 Å². The summed E-state index contributed by atoms with van der Waals surface area (Å²) in [6.07, 6.45) is 17.9. The maximum atomic E-state index is 9.00. The van der Waals surface area contributed by atoms with Crippen molar-refractivity contribution in [1.82, 2.24) is 0 Å². The van der Waals surface area contributed by atoms with Crippen molar-refractivity contribution < 1.29 is 9.90 Å². The summed E-state index contributed by atoms with van der Waals surface area (Å²) in [6, 6.07) is 0. The molecule has 0 aromatic carbocycles. The Morgan fingerprint density at radius 1 is 0.652 bits per heavy atom. The molecule has 0 unspecified atom stereocenters. The molecule has 23 heavy (non-hydrogen) atoms. The SMILES string of the molecule is CC(=O)O.CCCCC[CH2][Sn]([CH2]CCCCC)[CH2]CCCCC. The van der Waals surface area contributed by atoms with Crippen molar-refractivity contribution in [3.05, 3.63) is 0 Å². The van der Waals surface area contributed by atoms with Crippen LogP contribution in [0.1, 0.15) is 105 Å². The summed E-state index contributed by atoms with van der Waals surface area (Å²) in [5.74, 6) is -0.833. The Balaban J connectivity index is 0. The van der Waals surface area contributed by atoms with E-state index in [0.29, 0.717) is 0 Å². The molecule has 0 atom stereocenters. The molecular weight excluding hydrogens is 391 g/mol. The first-order valence-electron chi connectivity index (χ1n) is 10.1. The Bertz CT molecular complexity index is 199. The van der Waals surface area contributed by atoms with Crippen molar-refractivity contribution in [1.29, 1.82) is 0 Å². The van der Waals surface area contributed by atoms with Gasteiger partial charge in [0.25, 0.3) is 5.97 Å². The second-order valence-corrected chi connectivity index (χ2v) is 15.3. The Morgan fingerprint density at radius 3 is 1.13 bits per heavy atom. The molecule has 0 aliphatic heterocycles. The van der Waals surface area contributed by atoms with Gasteiger partial charge in [-0.2, -0.15) is 0 Å². The fourth-order valence-electron chi connectivity index (χ4n) is 2.78. The van der Waals surface area contributed by atoms with E-state index in [1.54, 1.807) is 32.6 Å². The van der Waals surface area contributed by atoms with Crippen LogP contribution in [0.25, 0.3) is 0 Å². The van der Waals surface area contributed by atoms with E-state index < -0.39 is 25.7 Å². The van der Waals surface area contributed by atoms with Crippen molar-refractivity contribution in [2.24, 2.45) is 0 Å². The summed E-state index contributed by atoms with van der Waals surface area (Å²) >= 11 is -0.948. The number of carboxylic acids is 1. The Morgan fingerprint density at radius 2 is 0.913 bits per heavy atom. The summed E-state index contributed by atoms with van der Waals surface area (Å²) in [5.41, 5.74) is 0. The van der Waals surface area contributed by atoms with E-state index in [1.807, 2.05) is 0 Å². The Hall–Kier alpha value is 0.269. The van der Waals surface area contributed by atoms with Gasteiger partial charge >= 0.3 is 131 Å². The van der Waals surface area contributed by atoms with Gasteiger partial charge in [-0.15, -0.1) is 0 Å². The van der Waals surface area contributed by atoms with Gasteiger partial charge in [0.2, 0.25) is 0 Å². The molecule has 1 N–H and O–H groups in total. The summed E-state index contributed by atoms with van der Waals surface area (Å²) in [5, 5.41) is 7.42. The first-order chi connectivity index (χ1) is 11.1. The standard InChI is InChI=1S/3C6H13.C2H4O2.Sn/c3*1-3-5-6-4-2;1-2(3)4;/h3*1,3-6H2,2H3;1H3,(H,3,4);. The van der Waals surface area contributed by atoms with Gasteiger partial charge in [0.15, 0.2) is 0 Å². The van der Waals surface area contributed by atoms with Crippen LogP contribution in [0, 0.1) is 0 Å². The molecular formula is C20H43O2Sn. The van der Waals surface area contributed by atoms with Crippen molar-refractivity contribution in [2.75, 3.05) is 0 Å². The normalized spacial score (nSPS) is 10.5. The van der Waals surface area contributed by atoms with E-state index in [2.05, 4.69) is 20.8 Å². The zero-order valence-electron chi connectivity index (χ0n) is 16.5. The molecule has 0 fully saturated rings. The summed E-state index contributed by atoms with van der Waals surface area (Å²) in [7, 11) is 0. The number of hydrogen-bond acceptors (Lipinski definition) is 1. The molecule has 0 aliphatic carbocycles. The van der Waals surface area contributed by atoms with Gasteiger partial charge in [-0.05, 0) is 0 Å². The molecule has 2 nitrogen and oxygen atoms in total. The first kappa shape index (κ1) is 25.5. The van der Waals surface area contributed by atoms with Crippen LogP contribution in [-0.4, -0.2) is 30.8 Å². The van der Waals surface area contributed by atoms with Crippen LogP contribution in [0.4, 0.5) is 0 Å². The van der Waals surface area contributed by atoms with Crippen molar-refractivity contribution >= 4 is 25.7 Å². The predicted octanol–water partition coefficient (Wildman–Crippen LogP) is 7.31. The number of hydrogen-bond donors (Lipinski definition) is 1. The van der Waals surface area contributed by atoms with Crippen LogP contribution >= 0.6 is 0 Å². The predicted molar refractivity (Wildman–Crippen MR) is 106 cm³/mol. The number of aliphatic carboxylic acids is 1. The summed E-state index contributed by atoms with van der Waals surface area (Å²) in [4.78, 5) is 9.00. The molecule has 1 radical (unpaired) electrons. The van der Waals surface area contributed by atoms with E-state index in [9.17, 15) is 0 Å². The molecule has 0 amide bonds. The number of carbonyl (C=O) groups is 1. The molecule has 0 aliphatic rings. The van der Waals surface area contributed by atoms with Gasteiger partial charge in [-0.3, -0.25) is 4.79 Å². The second-order valence-electron chi connectivity index (χ2n) is 6.70. The van der Waals surface area contributed by atoms with E-state index in [0.717, 1.165) is 6.92 Å². The summed E-state index contributed by atoms with van der Waals surface area (Å²) in [6.45, 7) is 8.07. The molecule has 0 bridgehead atoms. The molecule has 0 saturated heterocycles. The fraction of sp³-hybridized carbons (Fsp3) is 0.950. The molecule has 3 heteroatoms. The average molecular weight is 434 g/mol. The van der Waals surface area contributed by atoms with E-state index >= 15 is 0 Å². The fourth-order valence-corrected chi connectivity index (χ4v) is 11.3. The van der Waals surface area contributed by atoms with Gasteiger partial charge in [0, 0.05) is 6.92 Å². The van der Waals surface area contributed by atoms with Crippen LogP contribution in [0.3, 0.4) is 0 Å². The van der Waals surface area contributed by atoms with Crippen LogP contribution in [0.2, 0.25) is 13.3 Å². The van der Waals surface area contributed by atoms with Crippen LogP contribution in [0.5, 0.6) is 0 Å². The monoisotopic (exact) mass is 435 g/mol. The number of rotatable bonds is 15. The van der Waals surface area contributed by atoms with Crippen LogP contribution < -0.4 is 0 Å². The molecule has 0 saturated carbocycles. The van der Waals surface area contributed by atoms with E-state index in [4.69, 9.17) is 9.90 Å². The van der Waals surface area contributed by atoms with Gasteiger partial charge in [-0.1, -0.05) is 0 Å². The third kappa shape index (κ3) is 27.4. The third-order valence-electron chi connectivity index (χ3n) is 4.15. The molecule has 0 spiro atoms. The molecule has 0 heterocycles.